The standard InChI is InChI=1S/C17H30N4/c1-19-17(14-18)8-4-5-15(17)7-10-20-11-12-21-9-3-2-6-16(21)13-20/h15-16,19H,2-13H2,1H3. The first kappa shape index (κ1) is 15.3. The fraction of sp³-hybridized carbons (Fsp3) is 0.941. The van der Waals surface area contributed by atoms with Gasteiger partial charge in [0, 0.05) is 25.7 Å². The summed E-state index contributed by atoms with van der Waals surface area (Å²) >= 11 is 0. The Bertz CT molecular complexity index is 391. The van der Waals surface area contributed by atoms with Gasteiger partial charge in [0.1, 0.15) is 5.54 Å². The second kappa shape index (κ2) is 6.64. The number of nitriles is 1. The molecule has 4 heteroatoms. The van der Waals surface area contributed by atoms with Crippen molar-refractivity contribution in [2.24, 2.45) is 5.92 Å². The van der Waals surface area contributed by atoms with E-state index in [1.807, 2.05) is 7.05 Å². The smallest absolute Gasteiger partial charge is 0.109 e. The molecule has 3 rings (SSSR count). The summed E-state index contributed by atoms with van der Waals surface area (Å²) in [5.74, 6) is 0.539. The second-order valence-electron chi connectivity index (χ2n) is 7.20. The zero-order chi connectivity index (χ0) is 14.7. The highest BCUT2D eigenvalue weighted by Gasteiger charge is 2.42. The van der Waals surface area contributed by atoms with Gasteiger partial charge in [-0.15, -0.1) is 0 Å². The molecule has 2 saturated heterocycles. The van der Waals surface area contributed by atoms with Crippen LogP contribution in [0.15, 0.2) is 0 Å². The lowest BCUT2D eigenvalue weighted by molar-refractivity contribution is 0.0456. The lowest BCUT2D eigenvalue weighted by Crippen LogP contribution is -2.55. The van der Waals surface area contributed by atoms with Gasteiger partial charge in [0.25, 0.3) is 0 Å². The largest absolute Gasteiger partial charge is 0.302 e. The predicted molar refractivity (Wildman–Crippen MR) is 85.0 cm³/mol. The van der Waals surface area contributed by atoms with Crippen LogP contribution in [-0.4, -0.2) is 61.2 Å². The second-order valence-corrected chi connectivity index (χ2v) is 7.20. The average molecular weight is 290 g/mol. The zero-order valence-corrected chi connectivity index (χ0v) is 13.5. The molecular weight excluding hydrogens is 260 g/mol. The minimum absolute atomic E-state index is 0.243. The summed E-state index contributed by atoms with van der Waals surface area (Å²) < 4.78 is 0. The molecular formula is C17H30N4. The van der Waals surface area contributed by atoms with Gasteiger partial charge in [-0.2, -0.15) is 5.26 Å². The summed E-state index contributed by atoms with van der Waals surface area (Å²) in [6, 6.07) is 3.38. The quantitative estimate of drug-likeness (QED) is 0.858. The number of piperidine rings is 1. The summed E-state index contributed by atoms with van der Waals surface area (Å²) in [6.07, 6.45) is 8.83. The number of rotatable bonds is 4. The van der Waals surface area contributed by atoms with E-state index in [-0.39, 0.29) is 5.54 Å². The fourth-order valence-corrected chi connectivity index (χ4v) is 4.76. The molecule has 1 saturated carbocycles. The van der Waals surface area contributed by atoms with E-state index in [2.05, 4.69) is 21.2 Å². The molecule has 0 spiro atoms. The minimum atomic E-state index is -0.243. The van der Waals surface area contributed by atoms with Gasteiger partial charge in [-0.1, -0.05) is 12.8 Å². The zero-order valence-electron chi connectivity index (χ0n) is 13.5. The van der Waals surface area contributed by atoms with Crippen LogP contribution in [0.5, 0.6) is 0 Å². The highest BCUT2D eigenvalue weighted by atomic mass is 15.3. The van der Waals surface area contributed by atoms with Crippen molar-refractivity contribution in [1.29, 1.82) is 5.26 Å². The number of piperazine rings is 1. The van der Waals surface area contributed by atoms with Crippen LogP contribution >= 0.6 is 0 Å². The molecule has 2 heterocycles. The maximum atomic E-state index is 9.55. The van der Waals surface area contributed by atoms with E-state index in [1.165, 1.54) is 71.2 Å². The summed E-state index contributed by atoms with van der Waals surface area (Å²) in [6.45, 7) is 6.23. The monoisotopic (exact) mass is 290 g/mol. The van der Waals surface area contributed by atoms with Gasteiger partial charge in [-0.3, -0.25) is 4.90 Å². The Labute approximate surface area is 129 Å². The highest BCUT2D eigenvalue weighted by molar-refractivity contribution is 5.13. The Kier molecular flexibility index (Phi) is 4.83. The lowest BCUT2D eigenvalue weighted by Gasteiger charge is -2.44. The number of fused-ring (bicyclic) bond motifs is 1. The summed E-state index contributed by atoms with van der Waals surface area (Å²) in [7, 11) is 1.96. The van der Waals surface area contributed by atoms with Crippen molar-refractivity contribution < 1.29 is 0 Å². The Morgan fingerprint density at radius 1 is 1.19 bits per heavy atom. The maximum absolute atomic E-state index is 9.55. The molecule has 3 aliphatic rings. The van der Waals surface area contributed by atoms with Crippen LogP contribution in [0.25, 0.3) is 0 Å². The molecule has 118 valence electrons. The first-order valence-electron chi connectivity index (χ1n) is 8.84. The van der Waals surface area contributed by atoms with E-state index in [9.17, 15) is 5.26 Å². The molecule has 0 amide bonds. The molecule has 0 bridgehead atoms. The summed E-state index contributed by atoms with van der Waals surface area (Å²) in [4.78, 5) is 5.35. The van der Waals surface area contributed by atoms with Gasteiger partial charge in [-0.25, -0.2) is 0 Å². The number of nitrogens with zero attached hydrogens (tertiary/aromatic N) is 3. The van der Waals surface area contributed by atoms with Crippen molar-refractivity contribution in [2.45, 2.75) is 56.5 Å². The normalized spacial score (nSPS) is 38.1. The van der Waals surface area contributed by atoms with Crippen LogP contribution < -0.4 is 5.32 Å². The molecule has 0 aromatic carbocycles. The molecule has 2 aliphatic heterocycles. The molecule has 4 nitrogen and oxygen atoms in total. The predicted octanol–water partition coefficient (Wildman–Crippen LogP) is 1.83. The molecule has 0 aromatic rings. The van der Waals surface area contributed by atoms with Gasteiger partial charge >= 0.3 is 0 Å². The van der Waals surface area contributed by atoms with Crippen molar-refractivity contribution in [3.8, 4) is 6.07 Å². The molecule has 0 aromatic heterocycles. The van der Waals surface area contributed by atoms with Gasteiger partial charge < -0.3 is 10.2 Å². The molecule has 3 fully saturated rings. The maximum Gasteiger partial charge on any atom is 0.109 e. The van der Waals surface area contributed by atoms with Crippen LogP contribution in [0.2, 0.25) is 0 Å². The Hall–Kier alpha value is -0.630. The topological polar surface area (TPSA) is 42.3 Å². The third-order valence-electron chi connectivity index (χ3n) is 6.18. The van der Waals surface area contributed by atoms with E-state index in [1.54, 1.807) is 0 Å². The number of nitrogens with one attached hydrogen (secondary N) is 1. The first-order chi connectivity index (χ1) is 10.3. The Morgan fingerprint density at radius 3 is 2.90 bits per heavy atom. The van der Waals surface area contributed by atoms with Gasteiger partial charge in [0.2, 0.25) is 0 Å². The van der Waals surface area contributed by atoms with Gasteiger partial charge in [0.05, 0.1) is 6.07 Å². The molecule has 3 atom stereocenters. The third-order valence-corrected chi connectivity index (χ3v) is 6.18. The van der Waals surface area contributed by atoms with Gasteiger partial charge in [0.15, 0.2) is 0 Å². The van der Waals surface area contributed by atoms with Gasteiger partial charge in [-0.05, 0) is 58.2 Å². The number of hydrogen-bond acceptors (Lipinski definition) is 4. The highest BCUT2D eigenvalue weighted by Crippen LogP contribution is 2.37. The summed E-state index contributed by atoms with van der Waals surface area (Å²) in [5, 5.41) is 12.9. The van der Waals surface area contributed by atoms with E-state index in [0.717, 1.165) is 12.5 Å². The SMILES string of the molecule is CNC1(C#N)CCCC1CCN1CCN2CCCCC2C1. The fourth-order valence-electron chi connectivity index (χ4n) is 4.76. The van der Waals surface area contributed by atoms with Crippen LogP contribution in [0.4, 0.5) is 0 Å². The third kappa shape index (κ3) is 3.11. The van der Waals surface area contributed by atoms with E-state index < -0.39 is 0 Å². The Balaban J connectivity index is 1.50. The molecule has 3 unspecified atom stereocenters. The van der Waals surface area contributed by atoms with Crippen molar-refractivity contribution in [3.05, 3.63) is 0 Å². The van der Waals surface area contributed by atoms with E-state index in [4.69, 9.17) is 0 Å². The molecule has 0 radical (unpaired) electrons. The van der Waals surface area contributed by atoms with Crippen LogP contribution in [0, 0.1) is 17.2 Å². The average Bonchev–Trinajstić information content (AvgIpc) is 2.96. The number of hydrogen-bond donors (Lipinski definition) is 1. The minimum Gasteiger partial charge on any atom is -0.302 e. The first-order valence-corrected chi connectivity index (χ1v) is 8.84. The van der Waals surface area contributed by atoms with Crippen LogP contribution in [0.3, 0.4) is 0 Å². The lowest BCUT2D eigenvalue weighted by atomic mass is 9.86. The van der Waals surface area contributed by atoms with E-state index >= 15 is 0 Å². The van der Waals surface area contributed by atoms with Crippen LogP contribution in [-0.2, 0) is 0 Å². The van der Waals surface area contributed by atoms with Crippen LogP contribution in [0.1, 0.15) is 44.9 Å². The molecule has 1 N–H and O–H groups in total. The Morgan fingerprint density at radius 2 is 2.10 bits per heavy atom. The van der Waals surface area contributed by atoms with Crippen molar-refractivity contribution in [1.82, 2.24) is 15.1 Å². The van der Waals surface area contributed by atoms with Crippen molar-refractivity contribution >= 4 is 0 Å². The molecule has 1 aliphatic carbocycles. The van der Waals surface area contributed by atoms with Crippen molar-refractivity contribution in [3.63, 3.8) is 0 Å². The van der Waals surface area contributed by atoms with E-state index in [0.29, 0.717) is 5.92 Å². The summed E-state index contributed by atoms with van der Waals surface area (Å²) in [5.41, 5.74) is -0.243. The van der Waals surface area contributed by atoms with Crippen molar-refractivity contribution in [2.75, 3.05) is 39.8 Å². The molecule has 21 heavy (non-hydrogen) atoms.